The van der Waals surface area contributed by atoms with Gasteiger partial charge in [-0.15, -0.1) is 0 Å². The third-order valence-electron chi connectivity index (χ3n) is 8.31. The number of amides is 2. The van der Waals surface area contributed by atoms with Crippen molar-refractivity contribution in [2.75, 3.05) is 18.6 Å². The number of rotatable bonds is 5. The molecule has 0 unspecified atom stereocenters. The Labute approximate surface area is 217 Å². The van der Waals surface area contributed by atoms with Crippen molar-refractivity contribution in [3.05, 3.63) is 76.3 Å². The first-order chi connectivity index (χ1) is 18.2. The van der Waals surface area contributed by atoms with Crippen LogP contribution in [0.3, 0.4) is 0 Å². The minimum Gasteiger partial charge on any atom is -0.507 e. The van der Waals surface area contributed by atoms with Gasteiger partial charge in [0, 0.05) is 36.5 Å². The van der Waals surface area contributed by atoms with Gasteiger partial charge in [0.15, 0.2) is 5.79 Å². The molecule has 0 bridgehead atoms. The summed E-state index contributed by atoms with van der Waals surface area (Å²) in [7, 11) is 1.50. The minimum absolute atomic E-state index is 0.123. The van der Waals surface area contributed by atoms with Crippen LogP contribution in [-0.2, 0) is 19.1 Å². The van der Waals surface area contributed by atoms with Crippen molar-refractivity contribution in [2.24, 2.45) is 23.7 Å². The summed E-state index contributed by atoms with van der Waals surface area (Å²) in [5.74, 6) is -5.40. The van der Waals surface area contributed by atoms with Gasteiger partial charge < -0.3 is 19.7 Å². The molecule has 196 valence electrons. The smallest absolute Gasteiger partial charge is 0.271 e. The number of fused-ring (bicyclic) bond motifs is 4. The van der Waals surface area contributed by atoms with Gasteiger partial charge in [0.25, 0.3) is 5.69 Å². The number of nitro groups is 1. The van der Waals surface area contributed by atoms with Crippen molar-refractivity contribution < 1.29 is 34.2 Å². The summed E-state index contributed by atoms with van der Waals surface area (Å²) in [4.78, 5) is 39.1. The Bertz CT molecular complexity index is 1470. The number of non-ortho nitro benzene ring substituents is 1. The number of aliphatic hydroxyl groups is 1. The summed E-state index contributed by atoms with van der Waals surface area (Å²) >= 11 is 0. The number of carbonyl (C=O) groups excluding carboxylic acids is 2. The molecule has 6 rings (SSSR count). The van der Waals surface area contributed by atoms with Crippen LogP contribution in [-0.4, -0.2) is 46.5 Å². The number of aromatic hydroxyl groups is 1. The molecule has 2 amide bonds. The van der Waals surface area contributed by atoms with Gasteiger partial charge in [-0.25, -0.2) is 4.90 Å². The molecule has 2 aliphatic heterocycles. The summed E-state index contributed by atoms with van der Waals surface area (Å²) in [5.41, 5.74) is 0.673. The molecule has 0 spiro atoms. The van der Waals surface area contributed by atoms with Gasteiger partial charge in [-0.2, -0.15) is 0 Å². The van der Waals surface area contributed by atoms with E-state index in [1.165, 1.54) is 31.4 Å². The Kier molecular flexibility index (Phi) is 5.71. The standard InChI is InChI=1S/C28H26N2O8/c1-37-14-15-11-21-25(27(33)29(26(21)32)16-5-4-6-17(12-16)30(35)36)22-13-24(38-28(15,22)34)20-9-10-23(31)19-8-3-2-7-18(19)20/h2-10,12,15,21-22,24-25,31,34H,11,13-14H2,1H3/t15-,21+,22+,24+,25+,28-/m1/s1. The Morgan fingerprint density at radius 1 is 1.08 bits per heavy atom. The number of phenols is 1. The number of benzene rings is 3. The van der Waals surface area contributed by atoms with Gasteiger partial charge in [0.1, 0.15) is 5.75 Å². The van der Waals surface area contributed by atoms with Crippen molar-refractivity contribution in [1.29, 1.82) is 0 Å². The van der Waals surface area contributed by atoms with E-state index in [1.54, 1.807) is 18.2 Å². The summed E-state index contributed by atoms with van der Waals surface area (Å²) in [6.45, 7) is 0.123. The van der Waals surface area contributed by atoms with Crippen LogP contribution in [0.2, 0.25) is 0 Å². The molecule has 3 fully saturated rings. The fourth-order valence-corrected chi connectivity index (χ4v) is 6.66. The molecule has 6 atom stereocenters. The molecule has 10 heteroatoms. The maximum atomic E-state index is 13.8. The number of methoxy groups -OCH3 is 1. The molecular weight excluding hydrogens is 492 g/mol. The highest BCUT2D eigenvalue weighted by Crippen LogP contribution is 2.59. The third-order valence-corrected chi connectivity index (χ3v) is 8.31. The summed E-state index contributed by atoms with van der Waals surface area (Å²) in [6.07, 6.45) is -0.151. The fraction of sp³-hybridized carbons (Fsp3) is 0.357. The van der Waals surface area contributed by atoms with Crippen LogP contribution in [0.4, 0.5) is 11.4 Å². The number of hydrogen-bond acceptors (Lipinski definition) is 8. The number of phenolic OH excluding ortho intramolecular Hbond substituents is 1. The maximum Gasteiger partial charge on any atom is 0.271 e. The van der Waals surface area contributed by atoms with Gasteiger partial charge in [-0.1, -0.05) is 36.4 Å². The Hall–Kier alpha value is -3.86. The summed E-state index contributed by atoms with van der Waals surface area (Å²) in [6, 6.07) is 16.1. The van der Waals surface area contributed by atoms with Crippen LogP contribution in [0.5, 0.6) is 5.75 Å². The molecule has 1 saturated carbocycles. The van der Waals surface area contributed by atoms with E-state index >= 15 is 0 Å². The van der Waals surface area contributed by atoms with Gasteiger partial charge >= 0.3 is 0 Å². The van der Waals surface area contributed by atoms with Gasteiger partial charge in [0.2, 0.25) is 11.8 Å². The number of anilines is 1. The van der Waals surface area contributed by atoms with E-state index in [4.69, 9.17) is 9.47 Å². The van der Waals surface area contributed by atoms with Crippen LogP contribution >= 0.6 is 0 Å². The van der Waals surface area contributed by atoms with Crippen molar-refractivity contribution in [2.45, 2.75) is 24.7 Å². The number of imide groups is 1. The fourth-order valence-electron chi connectivity index (χ4n) is 6.66. The largest absolute Gasteiger partial charge is 0.507 e. The normalized spacial score (nSPS) is 30.5. The second-order valence-corrected chi connectivity index (χ2v) is 10.2. The molecule has 3 aromatic carbocycles. The first-order valence-corrected chi connectivity index (χ1v) is 12.5. The highest BCUT2D eigenvalue weighted by Gasteiger charge is 2.67. The topological polar surface area (TPSA) is 139 Å². The van der Waals surface area contributed by atoms with Crippen molar-refractivity contribution in [1.82, 2.24) is 0 Å². The number of hydrogen-bond donors (Lipinski definition) is 2. The molecule has 3 aromatic rings. The first kappa shape index (κ1) is 24.5. The number of nitro benzene ring substituents is 1. The van der Waals surface area contributed by atoms with E-state index in [-0.39, 0.29) is 36.6 Å². The zero-order chi connectivity index (χ0) is 26.8. The zero-order valence-corrected chi connectivity index (χ0v) is 20.5. The molecule has 38 heavy (non-hydrogen) atoms. The quantitative estimate of drug-likeness (QED) is 0.296. The molecule has 2 heterocycles. The number of carbonyl (C=O) groups is 2. The number of ether oxygens (including phenoxy) is 2. The van der Waals surface area contributed by atoms with Gasteiger partial charge in [-0.05, 0) is 35.9 Å². The van der Waals surface area contributed by atoms with E-state index in [1.807, 2.05) is 18.2 Å². The summed E-state index contributed by atoms with van der Waals surface area (Å²) in [5, 5.41) is 35.0. The predicted octanol–water partition coefficient (Wildman–Crippen LogP) is 3.69. The molecule has 3 aliphatic rings. The highest BCUT2D eigenvalue weighted by molar-refractivity contribution is 6.22. The zero-order valence-electron chi connectivity index (χ0n) is 20.5. The number of nitrogens with zero attached hydrogens (tertiary/aromatic N) is 2. The molecule has 1 aliphatic carbocycles. The first-order valence-electron chi connectivity index (χ1n) is 12.5. The lowest BCUT2D eigenvalue weighted by Crippen LogP contribution is -2.54. The Morgan fingerprint density at radius 3 is 2.58 bits per heavy atom. The maximum absolute atomic E-state index is 13.8. The van der Waals surface area contributed by atoms with E-state index in [0.717, 1.165) is 15.8 Å². The molecule has 2 N–H and O–H groups in total. The lowest BCUT2D eigenvalue weighted by Gasteiger charge is -2.44. The van der Waals surface area contributed by atoms with Crippen LogP contribution < -0.4 is 4.90 Å². The molecule has 10 nitrogen and oxygen atoms in total. The van der Waals surface area contributed by atoms with Crippen LogP contribution in [0.15, 0.2) is 60.7 Å². The van der Waals surface area contributed by atoms with E-state index in [9.17, 15) is 29.9 Å². The van der Waals surface area contributed by atoms with Crippen molar-refractivity contribution in [3.8, 4) is 5.75 Å². The Morgan fingerprint density at radius 2 is 1.84 bits per heavy atom. The lowest BCUT2D eigenvalue weighted by molar-refractivity contribution is -0.384. The molecule has 0 aromatic heterocycles. The predicted molar refractivity (Wildman–Crippen MR) is 135 cm³/mol. The average molecular weight is 519 g/mol. The molecular formula is C28H26N2O8. The van der Waals surface area contributed by atoms with Gasteiger partial charge in [0.05, 0.1) is 35.2 Å². The van der Waals surface area contributed by atoms with E-state index < -0.39 is 52.3 Å². The van der Waals surface area contributed by atoms with Crippen molar-refractivity contribution in [3.63, 3.8) is 0 Å². The van der Waals surface area contributed by atoms with E-state index in [0.29, 0.717) is 5.39 Å². The van der Waals surface area contributed by atoms with Crippen molar-refractivity contribution >= 4 is 34.0 Å². The summed E-state index contributed by atoms with van der Waals surface area (Å²) < 4.78 is 11.7. The van der Waals surface area contributed by atoms with Crippen LogP contribution in [0.25, 0.3) is 10.8 Å². The average Bonchev–Trinajstić information content (AvgIpc) is 3.38. The van der Waals surface area contributed by atoms with Crippen LogP contribution in [0, 0.1) is 33.8 Å². The minimum atomic E-state index is -1.73. The molecule has 0 radical (unpaired) electrons. The van der Waals surface area contributed by atoms with Crippen LogP contribution in [0.1, 0.15) is 24.5 Å². The van der Waals surface area contributed by atoms with Gasteiger partial charge in [-0.3, -0.25) is 19.7 Å². The lowest BCUT2D eigenvalue weighted by atomic mass is 9.64. The second kappa shape index (κ2) is 8.87. The Balaban J connectivity index is 1.41. The third kappa shape index (κ3) is 3.52. The second-order valence-electron chi connectivity index (χ2n) is 10.2. The SMILES string of the molecule is COC[C@H]1C[C@@H]2C(=O)N(c3cccc([N+](=O)[O-])c3)C(=O)[C@@H]2[C@@H]2C[C@@H](c3ccc(O)c4ccccc34)O[C@]12O. The monoisotopic (exact) mass is 518 g/mol. The molecule has 2 saturated heterocycles. The highest BCUT2D eigenvalue weighted by atomic mass is 16.6. The van der Waals surface area contributed by atoms with E-state index in [2.05, 4.69) is 0 Å².